The van der Waals surface area contributed by atoms with Crippen LogP contribution in [0, 0.1) is 0 Å². The molecule has 2 heterocycles. The van der Waals surface area contributed by atoms with Crippen LogP contribution in [-0.2, 0) is 9.59 Å². The fourth-order valence-corrected chi connectivity index (χ4v) is 4.32. The molecule has 1 N–H and O–H groups in total. The summed E-state index contributed by atoms with van der Waals surface area (Å²) in [6.07, 6.45) is 3.52. The number of thiocarbonyl (C=S) groups is 1. The van der Waals surface area contributed by atoms with E-state index in [1.165, 1.54) is 4.90 Å². The summed E-state index contributed by atoms with van der Waals surface area (Å²) in [5, 5.41) is 9.53. The second kappa shape index (κ2) is 9.28. The number of amides is 1. The molecule has 152 valence electrons. The molecule has 0 saturated carbocycles. The van der Waals surface area contributed by atoms with Gasteiger partial charge < -0.3 is 14.3 Å². The van der Waals surface area contributed by atoms with E-state index in [9.17, 15) is 14.7 Å². The third-order valence-electron chi connectivity index (χ3n) is 4.53. The van der Waals surface area contributed by atoms with Crippen LogP contribution < -0.4 is 4.74 Å². The van der Waals surface area contributed by atoms with Gasteiger partial charge in [-0.15, -0.1) is 0 Å². The normalized spacial score (nSPS) is 16.5. The first-order valence-electron chi connectivity index (χ1n) is 9.18. The minimum absolute atomic E-state index is 0.256. The van der Waals surface area contributed by atoms with Gasteiger partial charge in [0.2, 0.25) is 0 Å². The number of aliphatic carboxylic acids is 1. The predicted octanol–water partition coefficient (Wildman–Crippen LogP) is 4.80. The molecule has 0 radical (unpaired) electrons. The molecule has 6 nitrogen and oxygen atoms in total. The number of benzene rings is 1. The fourth-order valence-electron chi connectivity index (χ4n) is 2.98. The molecule has 1 aromatic carbocycles. The van der Waals surface area contributed by atoms with Gasteiger partial charge in [0.05, 0.1) is 12.0 Å². The Hall–Kier alpha value is -2.58. The van der Waals surface area contributed by atoms with Gasteiger partial charge in [0.1, 0.15) is 27.6 Å². The van der Waals surface area contributed by atoms with Crippen LogP contribution in [0.1, 0.15) is 31.9 Å². The number of thioether (sulfide) groups is 1. The van der Waals surface area contributed by atoms with Crippen molar-refractivity contribution >= 4 is 46.3 Å². The average Bonchev–Trinajstić information content (AvgIpc) is 3.28. The van der Waals surface area contributed by atoms with E-state index in [0.717, 1.165) is 29.5 Å². The number of ether oxygens (including phenoxy) is 1. The third-order valence-corrected chi connectivity index (χ3v) is 5.86. The van der Waals surface area contributed by atoms with Crippen molar-refractivity contribution in [3.05, 3.63) is 47.1 Å². The molecule has 0 bridgehead atoms. The number of carbonyl (C=O) groups excluding carboxylic acids is 1. The zero-order valence-electron chi connectivity index (χ0n) is 16.1. The SMILES string of the molecule is CCCC[C@H](C(=O)O)N1C(=O)/C(=C\c2ccc(-c3ccc(OC)cc3)o2)SC1=S. The van der Waals surface area contributed by atoms with Gasteiger partial charge in [-0.3, -0.25) is 9.69 Å². The first-order valence-corrected chi connectivity index (χ1v) is 10.4. The fraction of sp³-hybridized carbons (Fsp3) is 0.286. The van der Waals surface area contributed by atoms with Crippen molar-refractivity contribution in [2.75, 3.05) is 7.11 Å². The maximum atomic E-state index is 12.8. The van der Waals surface area contributed by atoms with E-state index in [-0.39, 0.29) is 4.32 Å². The smallest absolute Gasteiger partial charge is 0.326 e. The van der Waals surface area contributed by atoms with E-state index in [1.807, 2.05) is 37.3 Å². The van der Waals surface area contributed by atoms with Crippen molar-refractivity contribution in [3.8, 4) is 17.1 Å². The van der Waals surface area contributed by atoms with Gasteiger partial charge >= 0.3 is 5.97 Å². The molecule has 1 amide bonds. The molecule has 1 aromatic heterocycles. The second-order valence-electron chi connectivity index (χ2n) is 6.48. The van der Waals surface area contributed by atoms with Crippen LogP contribution in [0.2, 0.25) is 0 Å². The number of carboxylic acids is 1. The van der Waals surface area contributed by atoms with Crippen LogP contribution in [0.5, 0.6) is 5.75 Å². The number of hydrogen-bond donors (Lipinski definition) is 1. The molecule has 0 unspecified atom stereocenters. The maximum Gasteiger partial charge on any atom is 0.326 e. The van der Waals surface area contributed by atoms with E-state index in [1.54, 1.807) is 19.3 Å². The monoisotopic (exact) mass is 431 g/mol. The number of carbonyl (C=O) groups is 2. The van der Waals surface area contributed by atoms with E-state index >= 15 is 0 Å². The lowest BCUT2D eigenvalue weighted by atomic mass is 10.1. The van der Waals surface area contributed by atoms with Gasteiger partial charge in [-0.25, -0.2) is 4.79 Å². The molecule has 0 aliphatic carbocycles. The van der Waals surface area contributed by atoms with Gasteiger partial charge in [-0.2, -0.15) is 0 Å². The largest absolute Gasteiger partial charge is 0.497 e. The first-order chi connectivity index (χ1) is 13.9. The van der Waals surface area contributed by atoms with Crippen LogP contribution in [-0.4, -0.2) is 39.4 Å². The average molecular weight is 432 g/mol. The summed E-state index contributed by atoms with van der Waals surface area (Å²) in [4.78, 5) is 26.0. The number of rotatable bonds is 8. The standard InChI is InChI=1S/C21H21NO5S2/c1-3-4-5-16(20(24)25)22-19(23)18(29-21(22)28)12-15-10-11-17(27-15)13-6-8-14(26-2)9-7-13/h6-12,16H,3-5H2,1-2H3,(H,24,25)/b18-12+/t16-/m1/s1. The number of unbranched alkanes of at least 4 members (excludes halogenated alkanes) is 1. The number of furan rings is 1. The first kappa shape index (κ1) is 21.1. The summed E-state index contributed by atoms with van der Waals surface area (Å²) >= 11 is 6.38. The van der Waals surface area contributed by atoms with Crippen molar-refractivity contribution in [2.24, 2.45) is 0 Å². The highest BCUT2D eigenvalue weighted by Crippen LogP contribution is 2.36. The maximum absolute atomic E-state index is 12.8. The zero-order chi connectivity index (χ0) is 21.0. The van der Waals surface area contributed by atoms with Gasteiger partial charge in [0.15, 0.2) is 0 Å². The lowest BCUT2D eigenvalue weighted by Gasteiger charge is -2.22. The lowest BCUT2D eigenvalue weighted by molar-refractivity contribution is -0.145. The minimum Gasteiger partial charge on any atom is -0.497 e. The Bertz CT molecular complexity index is 948. The second-order valence-corrected chi connectivity index (χ2v) is 8.15. The number of methoxy groups -OCH3 is 1. The van der Waals surface area contributed by atoms with Crippen LogP contribution >= 0.6 is 24.0 Å². The highest BCUT2D eigenvalue weighted by Gasteiger charge is 2.40. The summed E-state index contributed by atoms with van der Waals surface area (Å²) in [5.74, 6) is 0.458. The summed E-state index contributed by atoms with van der Waals surface area (Å²) < 4.78 is 11.2. The Morgan fingerprint density at radius 3 is 2.66 bits per heavy atom. The van der Waals surface area contributed by atoms with Crippen molar-refractivity contribution in [1.29, 1.82) is 0 Å². The zero-order valence-corrected chi connectivity index (χ0v) is 17.7. The summed E-state index contributed by atoms with van der Waals surface area (Å²) in [5.41, 5.74) is 0.878. The summed E-state index contributed by atoms with van der Waals surface area (Å²) in [6.45, 7) is 1.97. The molecular weight excluding hydrogens is 410 g/mol. The van der Waals surface area contributed by atoms with Crippen molar-refractivity contribution < 1.29 is 23.8 Å². The highest BCUT2D eigenvalue weighted by molar-refractivity contribution is 8.26. The Labute approximate surface area is 178 Å². The van der Waals surface area contributed by atoms with E-state index < -0.39 is 17.9 Å². The molecule has 8 heteroatoms. The van der Waals surface area contributed by atoms with E-state index in [4.69, 9.17) is 21.4 Å². The molecule has 1 saturated heterocycles. The molecule has 0 spiro atoms. The third kappa shape index (κ3) is 4.71. The topological polar surface area (TPSA) is 80.0 Å². The van der Waals surface area contributed by atoms with Crippen LogP contribution in [0.3, 0.4) is 0 Å². The minimum atomic E-state index is -1.05. The predicted molar refractivity (Wildman–Crippen MR) is 117 cm³/mol. The molecule has 29 heavy (non-hydrogen) atoms. The van der Waals surface area contributed by atoms with E-state index in [0.29, 0.717) is 29.3 Å². The Balaban J connectivity index is 1.80. The molecule has 2 aromatic rings. The van der Waals surface area contributed by atoms with Crippen molar-refractivity contribution in [1.82, 2.24) is 4.90 Å². The Kier molecular flexibility index (Phi) is 6.76. The number of hydrogen-bond acceptors (Lipinski definition) is 6. The molecule has 1 aliphatic rings. The van der Waals surface area contributed by atoms with E-state index in [2.05, 4.69) is 0 Å². The molecule has 1 atom stereocenters. The van der Waals surface area contributed by atoms with Crippen molar-refractivity contribution in [2.45, 2.75) is 32.2 Å². The summed E-state index contributed by atoms with van der Waals surface area (Å²) in [7, 11) is 1.60. The number of carboxylic acid groups (broad SMARTS) is 1. The quantitative estimate of drug-likeness (QED) is 0.475. The van der Waals surface area contributed by atoms with Gasteiger partial charge in [-0.1, -0.05) is 43.7 Å². The molecule has 1 fully saturated rings. The van der Waals surface area contributed by atoms with Crippen LogP contribution in [0.15, 0.2) is 45.7 Å². The van der Waals surface area contributed by atoms with Gasteiger partial charge in [-0.05, 0) is 42.8 Å². The Morgan fingerprint density at radius 2 is 2.03 bits per heavy atom. The molecule has 1 aliphatic heterocycles. The van der Waals surface area contributed by atoms with Gasteiger partial charge in [0, 0.05) is 11.6 Å². The van der Waals surface area contributed by atoms with Crippen molar-refractivity contribution in [3.63, 3.8) is 0 Å². The lowest BCUT2D eigenvalue weighted by Crippen LogP contribution is -2.43. The summed E-state index contributed by atoms with van der Waals surface area (Å²) in [6, 6.07) is 10.1. The Morgan fingerprint density at radius 1 is 1.31 bits per heavy atom. The highest BCUT2D eigenvalue weighted by atomic mass is 32.2. The van der Waals surface area contributed by atoms with Crippen LogP contribution in [0.25, 0.3) is 17.4 Å². The number of nitrogens with zero attached hydrogens (tertiary/aromatic N) is 1. The van der Waals surface area contributed by atoms with Gasteiger partial charge in [0.25, 0.3) is 5.91 Å². The van der Waals surface area contributed by atoms with Crippen LogP contribution in [0.4, 0.5) is 0 Å². The molecular formula is C21H21NO5S2. The molecule has 3 rings (SSSR count).